The molecule has 0 unspecified atom stereocenters. The first-order valence-electron chi connectivity index (χ1n) is 7.94. The monoisotopic (exact) mass is 316 g/mol. The lowest BCUT2D eigenvalue weighted by Crippen LogP contribution is -2.31. The molecule has 1 amide bonds. The maximum atomic E-state index is 12.2. The predicted octanol–water partition coefficient (Wildman–Crippen LogP) is 2.48. The van der Waals surface area contributed by atoms with Gasteiger partial charge in [0.05, 0.1) is 17.8 Å². The number of nitrogens with zero attached hydrogens (tertiary/aromatic N) is 1. The van der Waals surface area contributed by atoms with Gasteiger partial charge in [-0.2, -0.15) is 0 Å². The molecule has 0 aromatic heterocycles. The Kier molecular flexibility index (Phi) is 3.44. The van der Waals surface area contributed by atoms with Crippen LogP contribution in [0.15, 0.2) is 36.4 Å². The van der Waals surface area contributed by atoms with Gasteiger partial charge in [0, 0.05) is 13.1 Å². The number of benzene rings is 2. The van der Waals surface area contributed by atoms with Crippen LogP contribution in [0.2, 0.25) is 0 Å². The van der Waals surface area contributed by atoms with Crippen molar-refractivity contribution in [2.24, 2.45) is 0 Å². The van der Waals surface area contributed by atoms with Crippen LogP contribution in [-0.4, -0.2) is 29.7 Å². The molecule has 0 bridgehead atoms. The number of ketones is 1. The van der Waals surface area contributed by atoms with Crippen molar-refractivity contribution >= 4 is 17.4 Å². The van der Waals surface area contributed by atoms with Crippen molar-refractivity contribution in [3.8, 4) is 23.5 Å². The summed E-state index contributed by atoms with van der Waals surface area (Å²) in [5, 5.41) is 2.75. The summed E-state index contributed by atoms with van der Waals surface area (Å²) in [7, 11) is 0. The van der Waals surface area contributed by atoms with Crippen molar-refractivity contribution in [1.82, 2.24) is 4.90 Å². The van der Waals surface area contributed by atoms with Gasteiger partial charge in [0.2, 0.25) is 0 Å². The molecular formula is C20H16N2O2. The molecule has 0 fully saturated rings. The number of amides is 1. The average molecular weight is 316 g/mol. The molecule has 2 aliphatic heterocycles. The third kappa shape index (κ3) is 2.22. The van der Waals surface area contributed by atoms with Crippen molar-refractivity contribution in [2.75, 3.05) is 18.4 Å². The Balaban J connectivity index is 1.92. The fourth-order valence-corrected chi connectivity index (χ4v) is 3.57. The van der Waals surface area contributed by atoms with Gasteiger partial charge < -0.3 is 5.32 Å². The van der Waals surface area contributed by atoms with Crippen LogP contribution in [0.1, 0.15) is 21.5 Å². The third-order valence-electron chi connectivity index (χ3n) is 4.70. The molecule has 2 aromatic carbocycles. The van der Waals surface area contributed by atoms with Gasteiger partial charge >= 0.3 is 0 Å². The van der Waals surface area contributed by atoms with Gasteiger partial charge in [0.15, 0.2) is 0 Å². The normalized spacial score (nSPS) is 16.3. The number of rotatable bonds is 2. The van der Waals surface area contributed by atoms with Crippen molar-refractivity contribution < 1.29 is 9.59 Å². The zero-order valence-corrected chi connectivity index (χ0v) is 13.1. The summed E-state index contributed by atoms with van der Waals surface area (Å²) >= 11 is 0. The number of anilines is 1. The van der Waals surface area contributed by atoms with E-state index in [-0.39, 0.29) is 0 Å². The van der Waals surface area contributed by atoms with E-state index in [2.05, 4.69) is 16.1 Å². The highest BCUT2D eigenvalue weighted by molar-refractivity contribution is 6.52. The molecule has 0 saturated carbocycles. The van der Waals surface area contributed by atoms with Crippen molar-refractivity contribution in [1.29, 1.82) is 0 Å². The molecule has 4 nitrogen and oxygen atoms in total. The molecule has 4 heteroatoms. The van der Waals surface area contributed by atoms with E-state index in [9.17, 15) is 9.59 Å². The van der Waals surface area contributed by atoms with Crippen molar-refractivity contribution in [3.05, 3.63) is 53.1 Å². The van der Waals surface area contributed by atoms with Crippen molar-refractivity contribution in [2.45, 2.75) is 13.0 Å². The number of carbonyl (C=O) groups is 2. The lowest BCUT2D eigenvalue weighted by atomic mass is 9.87. The largest absolute Gasteiger partial charge is 0.318 e. The number of fused-ring (bicyclic) bond motifs is 3. The Morgan fingerprint density at radius 1 is 1.12 bits per heavy atom. The Morgan fingerprint density at radius 3 is 2.67 bits per heavy atom. The van der Waals surface area contributed by atoms with Gasteiger partial charge in [-0.15, -0.1) is 6.42 Å². The van der Waals surface area contributed by atoms with Crippen LogP contribution < -0.4 is 5.32 Å². The van der Waals surface area contributed by atoms with E-state index in [0.29, 0.717) is 24.3 Å². The maximum absolute atomic E-state index is 12.2. The zero-order valence-electron chi connectivity index (χ0n) is 13.1. The molecule has 2 aromatic rings. The third-order valence-corrected chi connectivity index (χ3v) is 4.70. The van der Waals surface area contributed by atoms with Crippen molar-refractivity contribution in [3.63, 3.8) is 0 Å². The molecule has 0 atom stereocenters. The average Bonchev–Trinajstić information content (AvgIpc) is 2.90. The molecule has 2 aliphatic rings. The highest BCUT2D eigenvalue weighted by Gasteiger charge is 2.34. The Hall–Kier alpha value is -2.90. The second-order valence-electron chi connectivity index (χ2n) is 6.12. The minimum atomic E-state index is -0.550. The summed E-state index contributed by atoms with van der Waals surface area (Å²) < 4.78 is 0. The standard InChI is InChI=1S/C20H16N2O2/c1-2-9-22-10-8-14-15(13-6-4-3-5-7-13)11-16-18(17(14)12-22)21-20(24)19(16)23/h1,3-7,11H,8-10,12H2,(H,21,23,24). The minimum Gasteiger partial charge on any atom is -0.318 e. The van der Waals surface area contributed by atoms with Crippen LogP contribution in [0.4, 0.5) is 5.69 Å². The second kappa shape index (κ2) is 5.63. The van der Waals surface area contributed by atoms with Crippen LogP contribution in [0, 0.1) is 12.3 Å². The summed E-state index contributed by atoms with van der Waals surface area (Å²) in [6.45, 7) is 2.08. The molecule has 0 saturated heterocycles. The minimum absolute atomic E-state index is 0.459. The lowest BCUT2D eigenvalue weighted by Gasteiger charge is -2.30. The van der Waals surface area contributed by atoms with Gasteiger partial charge in [-0.05, 0) is 34.7 Å². The molecule has 4 rings (SSSR count). The van der Waals surface area contributed by atoms with Gasteiger partial charge in [0.25, 0.3) is 11.7 Å². The van der Waals surface area contributed by atoms with E-state index >= 15 is 0 Å². The predicted molar refractivity (Wildman–Crippen MR) is 92.7 cm³/mol. The van der Waals surface area contributed by atoms with Crippen LogP contribution in [0.3, 0.4) is 0 Å². The molecule has 0 aliphatic carbocycles. The molecule has 24 heavy (non-hydrogen) atoms. The summed E-state index contributed by atoms with van der Waals surface area (Å²) in [6, 6.07) is 11.9. The van der Waals surface area contributed by atoms with Gasteiger partial charge in [-0.3, -0.25) is 14.5 Å². The first-order chi connectivity index (χ1) is 11.7. The molecule has 0 spiro atoms. The molecule has 2 heterocycles. The zero-order chi connectivity index (χ0) is 16.7. The Labute approximate surface area is 140 Å². The number of terminal acetylenes is 1. The summed E-state index contributed by atoms with van der Waals surface area (Å²) in [6.07, 6.45) is 6.29. The number of Topliss-reactive ketones (excluding diaryl/α,β-unsaturated/α-hetero) is 1. The molecule has 118 valence electrons. The van der Waals surface area contributed by atoms with E-state index in [1.165, 1.54) is 5.56 Å². The number of carbonyl (C=O) groups excluding carboxylic acids is 2. The highest BCUT2D eigenvalue weighted by Crippen LogP contribution is 2.39. The highest BCUT2D eigenvalue weighted by atomic mass is 16.2. The Bertz CT molecular complexity index is 894. The van der Waals surface area contributed by atoms with E-state index in [1.807, 2.05) is 36.4 Å². The van der Waals surface area contributed by atoms with Crippen LogP contribution in [0.25, 0.3) is 11.1 Å². The van der Waals surface area contributed by atoms with Gasteiger partial charge in [-0.1, -0.05) is 36.3 Å². The van der Waals surface area contributed by atoms with Crippen LogP contribution in [0.5, 0.6) is 0 Å². The SMILES string of the molecule is C#CCN1CCc2c(-c3ccccc3)cc3c(c2C1)NC(=O)C3=O. The molecule has 1 N–H and O–H groups in total. The first-order valence-corrected chi connectivity index (χ1v) is 7.94. The number of hydrogen-bond acceptors (Lipinski definition) is 3. The van der Waals surface area contributed by atoms with E-state index in [4.69, 9.17) is 6.42 Å². The van der Waals surface area contributed by atoms with E-state index in [0.717, 1.165) is 29.7 Å². The number of hydrogen-bond donors (Lipinski definition) is 1. The van der Waals surface area contributed by atoms with Crippen LogP contribution in [-0.2, 0) is 17.8 Å². The molecule has 0 radical (unpaired) electrons. The van der Waals surface area contributed by atoms with E-state index < -0.39 is 11.7 Å². The fourth-order valence-electron chi connectivity index (χ4n) is 3.57. The topological polar surface area (TPSA) is 49.4 Å². The first kappa shape index (κ1) is 14.7. The summed E-state index contributed by atoms with van der Waals surface area (Å²) in [5.74, 6) is 1.66. The van der Waals surface area contributed by atoms with Gasteiger partial charge in [-0.25, -0.2) is 0 Å². The van der Waals surface area contributed by atoms with Crippen LogP contribution >= 0.6 is 0 Å². The van der Waals surface area contributed by atoms with Gasteiger partial charge in [0.1, 0.15) is 0 Å². The number of nitrogens with one attached hydrogen (secondary N) is 1. The fraction of sp³-hybridized carbons (Fsp3) is 0.200. The quantitative estimate of drug-likeness (QED) is 0.684. The summed E-state index contributed by atoms with van der Waals surface area (Å²) in [4.78, 5) is 26.2. The summed E-state index contributed by atoms with van der Waals surface area (Å²) in [5.41, 5.74) is 5.46. The maximum Gasteiger partial charge on any atom is 0.296 e. The Morgan fingerprint density at radius 2 is 1.92 bits per heavy atom. The lowest BCUT2D eigenvalue weighted by molar-refractivity contribution is -0.112. The molecular weight excluding hydrogens is 300 g/mol. The smallest absolute Gasteiger partial charge is 0.296 e. The van der Waals surface area contributed by atoms with E-state index in [1.54, 1.807) is 0 Å². The second-order valence-corrected chi connectivity index (χ2v) is 6.12.